The van der Waals surface area contributed by atoms with E-state index in [2.05, 4.69) is 6.92 Å². The van der Waals surface area contributed by atoms with Gasteiger partial charge in [-0.15, -0.1) is 0 Å². The monoisotopic (exact) mass is 238 g/mol. The van der Waals surface area contributed by atoms with Crippen LogP contribution in [-0.4, -0.2) is 5.78 Å². The third-order valence-corrected chi connectivity index (χ3v) is 2.78. The Morgan fingerprint density at radius 1 is 1.11 bits per heavy atom. The predicted molar refractivity (Wildman–Crippen MR) is 72.1 cm³/mol. The van der Waals surface area contributed by atoms with Crippen LogP contribution in [0.25, 0.3) is 6.20 Å². The average Bonchev–Trinajstić information content (AvgIpc) is 2.46. The van der Waals surface area contributed by atoms with Gasteiger partial charge in [-0.25, -0.2) is 0 Å². The molecule has 0 aliphatic heterocycles. The van der Waals surface area contributed by atoms with Gasteiger partial charge in [-0.05, 0) is 12.0 Å². The fourth-order valence-corrected chi connectivity index (χ4v) is 1.67. The van der Waals surface area contributed by atoms with Gasteiger partial charge in [0.05, 0.1) is 6.08 Å². The summed E-state index contributed by atoms with van der Waals surface area (Å²) in [6.45, 7) is 2.10. The molecule has 90 valence electrons. The van der Waals surface area contributed by atoms with E-state index in [0.717, 1.165) is 12.0 Å². The summed E-state index contributed by atoms with van der Waals surface area (Å²) in [7, 11) is 0. The van der Waals surface area contributed by atoms with Crippen molar-refractivity contribution in [2.45, 2.75) is 13.3 Å². The molecule has 0 aliphatic rings. The second-order valence-corrected chi connectivity index (χ2v) is 4.05. The Kier molecular flexibility index (Phi) is 4.02. The molecule has 2 aromatic rings. The van der Waals surface area contributed by atoms with Crippen LogP contribution in [-0.2, 0) is 6.42 Å². The van der Waals surface area contributed by atoms with E-state index in [9.17, 15) is 4.79 Å². The molecule has 1 aromatic carbocycles. The molecule has 0 radical (unpaired) electrons. The Balaban J connectivity index is 2.09. The second kappa shape index (κ2) is 5.92. The van der Waals surface area contributed by atoms with Crippen LogP contribution in [0.2, 0.25) is 0 Å². The summed E-state index contributed by atoms with van der Waals surface area (Å²) >= 11 is 0. The van der Waals surface area contributed by atoms with E-state index in [-0.39, 0.29) is 5.78 Å². The lowest BCUT2D eigenvalue weighted by Crippen LogP contribution is -2.23. The number of aromatic nitrogens is 1. The minimum Gasteiger partial charge on any atom is -0.289 e. The fraction of sp³-hybridized carbons (Fsp3) is 0.125. The van der Waals surface area contributed by atoms with Crippen LogP contribution in [0, 0.1) is 0 Å². The molecule has 0 spiro atoms. The quantitative estimate of drug-likeness (QED) is 0.456. The van der Waals surface area contributed by atoms with Crippen LogP contribution in [0.5, 0.6) is 0 Å². The molecule has 1 heterocycles. The Labute approximate surface area is 107 Å². The highest BCUT2D eigenvalue weighted by atomic mass is 16.1. The number of nitrogens with zero attached hydrogens (tertiary/aromatic N) is 1. The fourth-order valence-electron chi connectivity index (χ4n) is 1.67. The van der Waals surface area contributed by atoms with E-state index in [1.54, 1.807) is 12.3 Å². The number of allylic oxidation sites excluding steroid dienone is 1. The van der Waals surface area contributed by atoms with Gasteiger partial charge in [0.1, 0.15) is 0 Å². The van der Waals surface area contributed by atoms with Gasteiger partial charge < -0.3 is 0 Å². The highest BCUT2D eigenvalue weighted by Gasteiger charge is 2.02. The van der Waals surface area contributed by atoms with Gasteiger partial charge in [-0.2, -0.15) is 4.57 Å². The predicted octanol–water partition coefficient (Wildman–Crippen LogP) is 2.89. The Morgan fingerprint density at radius 2 is 1.78 bits per heavy atom. The standard InChI is InChI=1S/C16H16NO/c1-2-14-6-8-15(9-7-14)16(18)10-13-17-11-4-3-5-12-17/h3-13H,2H2,1H3/q+1/b13-10-. The number of rotatable bonds is 4. The van der Waals surface area contributed by atoms with Crippen LogP contribution in [0.3, 0.4) is 0 Å². The van der Waals surface area contributed by atoms with Crippen LogP contribution in [0.1, 0.15) is 22.8 Å². The topological polar surface area (TPSA) is 20.9 Å². The van der Waals surface area contributed by atoms with Crippen molar-refractivity contribution in [1.82, 2.24) is 0 Å². The van der Waals surface area contributed by atoms with Gasteiger partial charge in [0.2, 0.25) is 0 Å². The highest BCUT2D eigenvalue weighted by molar-refractivity contribution is 6.05. The summed E-state index contributed by atoms with van der Waals surface area (Å²) in [5.74, 6) is 0.0222. The number of hydrogen-bond donors (Lipinski definition) is 0. The lowest BCUT2D eigenvalue weighted by atomic mass is 10.1. The van der Waals surface area contributed by atoms with Crippen LogP contribution < -0.4 is 4.57 Å². The van der Waals surface area contributed by atoms with Crippen molar-refractivity contribution in [2.24, 2.45) is 0 Å². The SMILES string of the molecule is CCc1ccc(C(=O)/C=C\[n+]2ccccc2)cc1. The number of ketones is 1. The summed E-state index contributed by atoms with van der Waals surface area (Å²) in [6.07, 6.45) is 8.12. The molecule has 1 aromatic heterocycles. The first-order valence-corrected chi connectivity index (χ1v) is 6.07. The van der Waals surface area contributed by atoms with Crippen LogP contribution in [0.4, 0.5) is 0 Å². The van der Waals surface area contributed by atoms with E-state index in [1.807, 2.05) is 59.4 Å². The summed E-state index contributed by atoms with van der Waals surface area (Å²) in [6, 6.07) is 13.5. The minimum atomic E-state index is 0.0222. The number of pyridine rings is 1. The van der Waals surface area contributed by atoms with Crippen molar-refractivity contribution in [3.63, 3.8) is 0 Å². The molecule has 0 unspecified atom stereocenters. The summed E-state index contributed by atoms with van der Waals surface area (Å²) < 4.78 is 1.85. The van der Waals surface area contributed by atoms with Gasteiger partial charge in [-0.3, -0.25) is 4.79 Å². The molecule has 18 heavy (non-hydrogen) atoms. The lowest BCUT2D eigenvalue weighted by Gasteiger charge is -1.97. The van der Waals surface area contributed by atoms with Crippen LogP contribution >= 0.6 is 0 Å². The van der Waals surface area contributed by atoms with Gasteiger partial charge in [0.15, 0.2) is 24.4 Å². The molecule has 0 atom stereocenters. The molecule has 2 rings (SSSR count). The first-order chi connectivity index (χ1) is 8.79. The van der Waals surface area contributed by atoms with Crippen LogP contribution in [0.15, 0.2) is 60.9 Å². The van der Waals surface area contributed by atoms with E-state index in [1.165, 1.54) is 5.56 Å². The third-order valence-electron chi connectivity index (χ3n) is 2.78. The van der Waals surface area contributed by atoms with Crippen molar-refractivity contribution in [3.05, 3.63) is 72.1 Å². The molecule has 0 saturated carbocycles. The van der Waals surface area contributed by atoms with Crippen molar-refractivity contribution >= 4 is 12.0 Å². The van der Waals surface area contributed by atoms with E-state index >= 15 is 0 Å². The molecular formula is C16H16NO+. The molecule has 2 nitrogen and oxygen atoms in total. The zero-order valence-corrected chi connectivity index (χ0v) is 10.4. The maximum atomic E-state index is 11.9. The molecule has 0 saturated heterocycles. The Bertz CT molecular complexity index is 541. The minimum absolute atomic E-state index is 0.0222. The van der Waals surface area contributed by atoms with Gasteiger partial charge in [0, 0.05) is 17.7 Å². The molecule has 0 aliphatic carbocycles. The maximum absolute atomic E-state index is 11.9. The Hall–Kier alpha value is -2.22. The number of carbonyl (C=O) groups excluding carboxylic acids is 1. The maximum Gasteiger partial charge on any atom is 0.191 e. The van der Waals surface area contributed by atoms with Gasteiger partial charge in [0.25, 0.3) is 0 Å². The van der Waals surface area contributed by atoms with Crippen molar-refractivity contribution < 1.29 is 9.36 Å². The van der Waals surface area contributed by atoms with Crippen molar-refractivity contribution in [1.29, 1.82) is 0 Å². The van der Waals surface area contributed by atoms with Gasteiger partial charge >= 0.3 is 0 Å². The Morgan fingerprint density at radius 3 is 2.39 bits per heavy atom. The smallest absolute Gasteiger partial charge is 0.191 e. The lowest BCUT2D eigenvalue weighted by molar-refractivity contribution is -0.568. The molecule has 0 fully saturated rings. The second-order valence-electron chi connectivity index (χ2n) is 4.05. The van der Waals surface area contributed by atoms with E-state index in [4.69, 9.17) is 0 Å². The molecule has 2 heteroatoms. The zero-order valence-electron chi connectivity index (χ0n) is 10.4. The number of hydrogen-bond acceptors (Lipinski definition) is 1. The first-order valence-electron chi connectivity index (χ1n) is 6.07. The number of benzene rings is 1. The number of carbonyl (C=O) groups is 1. The molecule has 0 amide bonds. The highest BCUT2D eigenvalue weighted by Crippen LogP contribution is 2.06. The third kappa shape index (κ3) is 3.14. The largest absolute Gasteiger partial charge is 0.289 e. The number of aryl methyl sites for hydroxylation is 1. The summed E-state index contributed by atoms with van der Waals surface area (Å²) in [4.78, 5) is 11.9. The zero-order chi connectivity index (χ0) is 12.8. The average molecular weight is 238 g/mol. The molecule has 0 bridgehead atoms. The molecular weight excluding hydrogens is 222 g/mol. The van der Waals surface area contributed by atoms with Gasteiger partial charge in [-0.1, -0.05) is 37.3 Å². The summed E-state index contributed by atoms with van der Waals surface area (Å²) in [5.41, 5.74) is 1.97. The molecule has 0 N–H and O–H groups in total. The van der Waals surface area contributed by atoms with E-state index < -0.39 is 0 Å². The van der Waals surface area contributed by atoms with Crippen molar-refractivity contribution in [3.8, 4) is 0 Å². The first kappa shape index (κ1) is 12.2. The normalized spacial score (nSPS) is 10.7. The summed E-state index contributed by atoms with van der Waals surface area (Å²) in [5, 5.41) is 0. The van der Waals surface area contributed by atoms with Crippen molar-refractivity contribution in [2.75, 3.05) is 0 Å². The van der Waals surface area contributed by atoms with E-state index in [0.29, 0.717) is 0 Å².